The molecule has 3 heteroatoms. The molecule has 0 bridgehead atoms. The van der Waals surface area contributed by atoms with Crippen molar-refractivity contribution >= 4 is 0 Å². The van der Waals surface area contributed by atoms with E-state index in [-0.39, 0.29) is 0 Å². The first-order valence-electron chi connectivity index (χ1n) is 7.00. The van der Waals surface area contributed by atoms with Crippen LogP contribution >= 0.6 is 0 Å². The van der Waals surface area contributed by atoms with Crippen LogP contribution in [0.4, 0.5) is 0 Å². The standard InChI is InChI=1S/C14H30N2O/c1-11(2)14(15-4)10-16(8-9-17-5)12(3)13-6-7-13/h11-15H,6-10H2,1-5H3. The fourth-order valence-corrected chi connectivity index (χ4v) is 2.43. The molecule has 0 heterocycles. The molecule has 0 saturated heterocycles. The summed E-state index contributed by atoms with van der Waals surface area (Å²) in [5.74, 6) is 1.60. The summed E-state index contributed by atoms with van der Waals surface area (Å²) in [6.07, 6.45) is 2.83. The molecule has 2 atom stereocenters. The van der Waals surface area contributed by atoms with Gasteiger partial charge in [0.25, 0.3) is 0 Å². The molecule has 1 rings (SSSR count). The van der Waals surface area contributed by atoms with Gasteiger partial charge in [0.05, 0.1) is 6.61 Å². The average molecular weight is 242 g/mol. The zero-order valence-corrected chi connectivity index (χ0v) is 12.2. The lowest BCUT2D eigenvalue weighted by molar-refractivity contribution is 0.103. The van der Waals surface area contributed by atoms with Gasteiger partial charge in [-0.3, -0.25) is 4.90 Å². The first kappa shape index (κ1) is 14.9. The third-order valence-electron chi connectivity index (χ3n) is 4.07. The van der Waals surface area contributed by atoms with Crippen molar-refractivity contribution in [1.29, 1.82) is 0 Å². The van der Waals surface area contributed by atoms with Crippen molar-refractivity contribution in [2.24, 2.45) is 11.8 Å². The van der Waals surface area contributed by atoms with Crippen LogP contribution in [0.3, 0.4) is 0 Å². The predicted molar refractivity (Wildman–Crippen MR) is 73.3 cm³/mol. The highest BCUT2D eigenvalue weighted by Gasteiger charge is 2.32. The maximum Gasteiger partial charge on any atom is 0.0589 e. The van der Waals surface area contributed by atoms with Gasteiger partial charge in [0, 0.05) is 32.3 Å². The van der Waals surface area contributed by atoms with E-state index < -0.39 is 0 Å². The van der Waals surface area contributed by atoms with Gasteiger partial charge < -0.3 is 10.1 Å². The molecule has 1 aliphatic carbocycles. The highest BCUT2D eigenvalue weighted by molar-refractivity contribution is 4.87. The lowest BCUT2D eigenvalue weighted by atomic mass is 10.0. The van der Waals surface area contributed by atoms with Crippen LogP contribution in [0.5, 0.6) is 0 Å². The Morgan fingerprint density at radius 2 is 1.94 bits per heavy atom. The number of ether oxygens (including phenoxy) is 1. The van der Waals surface area contributed by atoms with Crippen LogP contribution in [0.1, 0.15) is 33.6 Å². The van der Waals surface area contributed by atoms with Gasteiger partial charge in [0.1, 0.15) is 0 Å². The molecule has 0 aromatic heterocycles. The summed E-state index contributed by atoms with van der Waals surface area (Å²) in [5.41, 5.74) is 0. The van der Waals surface area contributed by atoms with E-state index in [1.165, 1.54) is 12.8 Å². The minimum absolute atomic E-state index is 0.577. The van der Waals surface area contributed by atoms with Crippen molar-refractivity contribution in [2.45, 2.75) is 45.7 Å². The molecule has 0 aromatic carbocycles. The molecule has 0 aliphatic heterocycles. The van der Waals surface area contributed by atoms with Gasteiger partial charge in [-0.1, -0.05) is 13.8 Å². The third-order valence-corrected chi connectivity index (χ3v) is 4.07. The summed E-state index contributed by atoms with van der Waals surface area (Å²) in [6, 6.07) is 1.29. The molecule has 0 radical (unpaired) electrons. The molecule has 1 saturated carbocycles. The molecule has 1 fully saturated rings. The topological polar surface area (TPSA) is 24.5 Å². The molecule has 2 unspecified atom stereocenters. The molecule has 1 aliphatic rings. The Morgan fingerprint density at radius 1 is 1.29 bits per heavy atom. The van der Waals surface area contributed by atoms with Crippen LogP contribution in [-0.4, -0.2) is 50.8 Å². The predicted octanol–water partition coefficient (Wildman–Crippen LogP) is 1.98. The summed E-state index contributed by atoms with van der Waals surface area (Å²) in [4.78, 5) is 2.60. The summed E-state index contributed by atoms with van der Waals surface area (Å²) >= 11 is 0. The van der Waals surface area contributed by atoms with E-state index in [0.29, 0.717) is 18.0 Å². The van der Waals surface area contributed by atoms with E-state index >= 15 is 0 Å². The Balaban J connectivity index is 2.48. The quantitative estimate of drug-likeness (QED) is 0.669. The largest absolute Gasteiger partial charge is 0.383 e. The Hall–Kier alpha value is -0.120. The molecule has 0 amide bonds. The van der Waals surface area contributed by atoms with Crippen LogP contribution in [0.15, 0.2) is 0 Å². The first-order chi connectivity index (χ1) is 8.10. The average Bonchev–Trinajstić information content (AvgIpc) is 3.12. The summed E-state index contributed by atoms with van der Waals surface area (Å²) < 4.78 is 5.24. The van der Waals surface area contributed by atoms with Gasteiger partial charge in [-0.25, -0.2) is 0 Å². The van der Waals surface area contributed by atoms with E-state index in [4.69, 9.17) is 4.74 Å². The molecule has 0 aromatic rings. The fraction of sp³-hybridized carbons (Fsp3) is 1.00. The number of methoxy groups -OCH3 is 1. The van der Waals surface area contributed by atoms with Crippen LogP contribution in [0, 0.1) is 11.8 Å². The smallest absolute Gasteiger partial charge is 0.0589 e. The van der Waals surface area contributed by atoms with E-state index in [2.05, 4.69) is 38.0 Å². The first-order valence-corrected chi connectivity index (χ1v) is 7.00. The third kappa shape index (κ3) is 4.94. The number of hydrogen-bond donors (Lipinski definition) is 1. The van der Waals surface area contributed by atoms with Gasteiger partial charge in [-0.2, -0.15) is 0 Å². The number of nitrogens with zero attached hydrogens (tertiary/aromatic N) is 1. The maximum atomic E-state index is 5.24. The van der Waals surface area contributed by atoms with Crippen molar-refractivity contribution < 1.29 is 4.74 Å². The van der Waals surface area contributed by atoms with Gasteiger partial charge in [-0.05, 0) is 38.6 Å². The molecule has 0 spiro atoms. The summed E-state index contributed by atoms with van der Waals surface area (Å²) in [6.45, 7) is 9.98. The van der Waals surface area contributed by atoms with Gasteiger partial charge in [-0.15, -0.1) is 0 Å². The lowest BCUT2D eigenvalue weighted by Gasteiger charge is -2.34. The number of likely N-dealkylation sites (N-methyl/N-ethyl adjacent to an activating group) is 1. The molecular formula is C14H30N2O. The van der Waals surface area contributed by atoms with E-state index in [1.807, 2.05) is 0 Å². The molecule has 17 heavy (non-hydrogen) atoms. The van der Waals surface area contributed by atoms with Crippen molar-refractivity contribution in [3.63, 3.8) is 0 Å². The summed E-state index contributed by atoms with van der Waals surface area (Å²) in [7, 11) is 3.86. The second-order valence-corrected chi connectivity index (χ2v) is 5.70. The van der Waals surface area contributed by atoms with Gasteiger partial charge >= 0.3 is 0 Å². The minimum atomic E-state index is 0.577. The Labute approximate surface area is 107 Å². The number of hydrogen-bond acceptors (Lipinski definition) is 3. The van der Waals surface area contributed by atoms with E-state index in [9.17, 15) is 0 Å². The van der Waals surface area contributed by atoms with Crippen molar-refractivity contribution in [3.8, 4) is 0 Å². The monoisotopic (exact) mass is 242 g/mol. The maximum absolute atomic E-state index is 5.24. The Bertz CT molecular complexity index is 204. The molecule has 1 N–H and O–H groups in total. The fourth-order valence-electron chi connectivity index (χ4n) is 2.43. The molecular weight excluding hydrogens is 212 g/mol. The van der Waals surface area contributed by atoms with Gasteiger partial charge in [0.2, 0.25) is 0 Å². The van der Waals surface area contributed by atoms with Crippen LogP contribution in [0.2, 0.25) is 0 Å². The second kappa shape index (κ2) is 7.34. The van der Waals surface area contributed by atoms with Crippen molar-refractivity contribution in [3.05, 3.63) is 0 Å². The molecule has 102 valence electrons. The second-order valence-electron chi connectivity index (χ2n) is 5.70. The van der Waals surface area contributed by atoms with Gasteiger partial charge in [0.15, 0.2) is 0 Å². The Morgan fingerprint density at radius 3 is 2.35 bits per heavy atom. The summed E-state index contributed by atoms with van der Waals surface area (Å²) in [5, 5.41) is 3.44. The van der Waals surface area contributed by atoms with Crippen LogP contribution < -0.4 is 5.32 Å². The van der Waals surface area contributed by atoms with Crippen LogP contribution in [0.25, 0.3) is 0 Å². The zero-order valence-electron chi connectivity index (χ0n) is 12.2. The highest BCUT2D eigenvalue weighted by Crippen LogP contribution is 2.35. The van der Waals surface area contributed by atoms with Crippen molar-refractivity contribution in [2.75, 3.05) is 33.9 Å². The molecule has 3 nitrogen and oxygen atoms in total. The van der Waals surface area contributed by atoms with E-state index in [0.717, 1.165) is 25.6 Å². The normalized spacial score (nSPS) is 19.9. The van der Waals surface area contributed by atoms with Crippen molar-refractivity contribution in [1.82, 2.24) is 10.2 Å². The lowest BCUT2D eigenvalue weighted by Crippen LogP contribution is -2.47. The number of rotatable bonds is 9. The SMILES string of the molecule is CNC(CN(CCOC)C(C)C1CC1)C(C)C. The Kier molecular flexibility index (Phi) is 6.45. The minimum Gasteiger partial charge on any atom is -0.383 e. The zero-order chi connectivity index (χ0) is 12.8. The van der Waals surface area contributed by atoms with E-state index in [1.54, 1.807) is 7.11 Å². The number of nitrogens with one attached hydrogen (secondary N) is 1. The van der Waals surface area contributed by atoms with Crippen LogP contribution in [-0.2, 0) is 4.74 Å². The highest BCUT2D eigenvalue weighted by atomic mass is 16.5.